The monoisotopic (exact) mass is 196 g/mol. The van der Waals surface area contributed by atoms with Crippen molar-refractivity contribution in [3.05, 3.63) is 23.9 Å². The summed E-state index contributed by atoms with van der Waals surface area (Å²) in [5, 5.41) is 11.8. The second kappa shape index (κ2) is 5.57. The minimum absolute atomic E-state index is 0.00392. The highest BCUT2D eigenvalue weighted by molar-refractivity contribution is 5.28. The van der Waals surface area contributed by atoms with Crippen LogP contribution in [0.2, 0.25) is 0 Å². The zero-order chi connectivity index (χ0) is 10.4. The molecule has 0 fully saturated rings. The van der Waals surface area contributed by atoms with Gasteiger partial charge in [0.1, 0.15) is 6.61 Å². The largest absolute Gasteiger partial charge is 0.475 e. The van der Waals surface area contributed by atoms with Gasteiger partial charge in [0.2, 0.25) is 5.88 Å². The van der Waals surface area contributed by atoms with E-state index in [1.165, 1.54) is 0 Å². The molecule has 2 N–H and O–H groups in total. The number of rotatable bonds is 5. The highest BCUT2D eigenvalue weighted by atomic mass is 16.5. The molecule has 0 aromatic carbocycles. The molecule has 0 saturated heterocycles. The summed E-state index contributed by atoms with van der Waals surface area (Å²) in [4.78, 5) is 4.11. The van der Waals surface area contributed by atoms with Gasteiger partial charge in [0.05, 0.1) is 6.61 Å². The maximum atomic E-state index is 8.65. The minimum Gasteiger partial charge on any atom is -0.475 e. The quantitative estimate of drug-likeness (QED) is 0.729. The molecule has 0 bridgehead atoms. The van der Waals surface area contributed by atoms with Crippen LogP contribution in [0.4, 0.5) is 0 Å². The van der Waals surface area contributed by atoms with Crippen molar-refractivity contribution in [2.45, 2.75) is 13.0 Å². The topological polar surface area (TPSA) is 54.4 Å². The van der Waals surface area contributed by atoms with Gasteiger partial charge < -0.3 is 15.2 Å². The van der Waals surface area contributed by atoms with E-state index >= 15 is 0 Å². The van der Waals surface area contributed by atoms with Gasteiger partial charge in [0.15, 0.2) is 0 Å². The fourth-order valence-corrected chi connectivity index (χ4v) is 1.15. The fraction of sp³-hybridized carbons (Fsp3) is 0.500. The molecule has 0 aliphatic rings. The summed E-state index contributed by atoms with van der Waals surface area (Å²) in [7, 11) is 1.88. The molecule has 1 atom stereocenters. The molecule has 0 aliphatic carbocycles. The Balaban J connectivity index is 2.79. The maximum Gasteiger partial charge on any atom is 0.218 e. The zero-order valence-electron chi connectivity index (χ0n) is 8.53. The van der Waals surface area contributed by atoms with Crippen LogP contribution in [0.15, 0.2) is 18.3 Å². The molecular formula is C10H16N2O2. The molecule has 0 amide bonds. The lowest BCUT2D eigenvalue weighted by atomic mass is 10.1. The van der Waals surface area contributed by atoms with Crippen molar-refractivity contribution in [1.29, 1.82) is 0 Å². The highest BCUT2D eigenvalue weighted by Crippen LogP contribution is 2.21. The third kappa shape index (κ3) is 2.68. The van der Waals surface area contributed by atoms with Crippen LogP contribution in [0.1, 0.15) is 18.5 Å². The average Bonchev–Trinajstić information content (AvgIpc) is 2.25. The van der Waals surface area contributed by atoms with Gasteiger partial charge in [-0.05, 0) is 20.0 Å². The van der Waals surface area contributed by atoms with Crippen molar-refractivity contribution >= 4 is 0 Å². The van der Waals surface area contributed by atoms with Gasteiger partial charge in [-0.1, -0.05) is 6.07 Å². The summed E-state index contributed by atoms with van der Waals surface area (Å²) in [6, 6.07) is 4.02. The van der Waals surface area contributed by atoms with E-state index < -0.39 is 0 Å². The lowest BCUT2D eigenvalue weighted by Crippen LogP contribution is -2.15. The Labute approximate surface area is 83.9 Å². The summed E-state index contributed by atoms with van der Waals surface area (Å²) in [5.74, 6) is 0.586. The number of nitrogens with one attached hydrogen (secondary N) is 1. The Morgan fingerprint density at radius 1 is 1.64 bits per heavy atom. The molecule has 1 rings (SSSR count). The first-order valence-corrected chi connectivity index (χ1v) is 4.65. The molecule has 14 heavy (non-hydrogen) atoms. The lowest BCUT2D eigenvalue weighted by Gasteiger charge is -2.14. The highest BCUT2D eigenvalue weighted by Gasteiger charge is 2.09. The van der Waals surface area contributed by atoms with Gasteiger partial charge in [0.25, 0.3) is 0 Å². The van der Waals surface area contributed by atoms with Gasteiger partial charge in [-0.25, -0.2) is 4.98 Å². The van der Waals surface area contributed by atoms with E-state index in [-0.39, 0.29) is 19.3 Å². The summed E-state index contributed by atoms with van der Waals surface area (Å²) in [5.41, 5.74) is 1.00. The summed E-state index contributed by atoms with van der Waals surface area (Å²) in [6.45, 7) is 2.31. The second-order valence-corrected chi connectivity index (χ2v) is 2.98. The first-order chi connectivity index (χ1) is 6.79. The third-order valence-corrected chi connectivity index (χ3v) is 2.03. The number of hydrogen-bond donors (Lipinski definition) is 2. The van der Waals surface area contributed by atoms with E-state index in [1.54, 1.807) is 6.20 Å². The number of hydrogen-bond acceptors (Lipinski definition) is 4. The van der Waals surface area contributed by atoms with Crippen LogP contribution in [-0.4, -0.2) is 30.4 Å². The van der Waals surface area contributed by atoms with Gasteiger partial charge in [-0.3, -0.25) is 0 Å². The predicted octanol–water partition coefficient (Wildman–Crippen LogP) is 0.733. The van der Waals surface area contributed by atoms with Crippen molar-refractivity contribution in [3.8, 4) is 5.88 Å². The molecule has 1 unspecified atom stereocenters. The number of aliphatic hydroxyl groups excluding tert-OH is 1. The molecule has 1 aromatic rings. The van der Waals surface area contributed by atoms with Gasteiger partial charge in [0, 0.05) is 17.8 Å². The normalized spacial score (nSPS) is 12.5. The number of nitrogens with zero attached hydrogens (tertiary/aromatic N) is 1. The molecule has 1 aromatic heterocycles. The van der Waals surface area contributed by atoms with Crippen molar-refractivity contribution in [2.24, 2.45) is 0 Å². The SMILES string of the molecule is CNC(C)c1cccnc1OCCO. The molecule has 4 heteroatoms. The van der Waals surface area contributed by atoms with E-state index in [4.69, 9.17) is 9.84 Å². The lowest BCUT2D eigenvalue weighted by molar-refractivity contribution is 0.194. The summed E-state index contributed by atoms with van der Waals surface area (Å²) in [6.07, 6.45) is 1.68. The first-order valence-electron chi connectivity index (χ1n) is 4.65. The van der Waals surface area contributed by atoms with E-state index in [2.05, 4.69) is 10.3 Å². The Morgan fingerprint density at radius 2 is 2.43 bits per heavy atom. The van der Waals surface area contributed by atoms with Crippen molar-refractivity contribution in [3.63, 3.8) is 0 Å². The summed E-state index contributed by atoms with van der Waals surface area (Å²) < 4.78 is 5.31. The Kier molecular flexibility index (Phi) is 4.35. The van der Waals surface area contributed by atoms with Crippen LogP contribution in [0, 0.1) is 0 Å². The number of aromatic nitrogens is 1. The fourth-order valence-electron chi connectivity index (χ4n) is 1.15. The van der Waals surface area contributed by atoms with Crippen LogP contribution in [0.3, 0.4) is 0 Å². The van der Waals surface area contributed by atoms with Gasteiger partial charge >= 0.3 is 0 Å². The van der Waals surface area contributed by atoms with Crippen LogP contribution in [0.25, 0.3) is 0 Å². The Morgan fingerprint density at radius 3 is 3.07 bits per heavy atom. The van der Waals surface area contributed by atoms with Gasteiger partial charge in [-0.2, -0.15) is 0 Å². The van der Waals surface area contributed by atoms with Crippen molar-refractivity contribution in [2.75, 3.05) is 20.3 Å². The average molecular weight is 196 g/mol. The minimum atomic E-state index is 0.00392. The molecule has 78 valence electrons. The molecule has 1 heterocycles. The van der Waals surface area contributed by atoms with Gasteiger partial charge in [-0.15, -0.1) is 0 Å². The van der Waals surface area contributed by atoms with E-state index in [0.717, 1.165) is 5.56 Å². The predicted molar refractivity (Wildman–Crippen MR) is 54.3 cm³/mol. The standard InChI is InChI=1S/C10H16N2O2/c1-8(11-2)9-4-3-5-12-10(9)14-7-6-13/h3-5,8,11,13H,6-7H2,1-2H3. The number of ether oxygens (including phenoxy) is 1. The zero-order valence-corrected chi connectivity index (χ0v) is 8.53. The summed E-state index contributed by atoms with van der Waals surface area (Å²) >= 11 is 0. The number of aliphatic hydroxyl groups is 1. The first kappa shape index (κ1) is 10.9. The molecule has 4 nitrogen and oxygen atoms in total. The Hall–Kier alpha value is -1.13. The van der Waals surface area contributed by atoms with Crippen LogP contribution in [-0.2, 0) is 0 Å². The molecule has 0 radical (unpaired) electrons. The number of pyridine rings is 1. The molecule has 0 aliphatic heterocycles. The van der Waals surface area contributed by atoms with E-state index in [9.17, 15) is 0 Å². The maximum absolute atomic E-state index is 8.65. The third-order valence-electron chi connectivity index (χ3n) is 2.03. The van der Waals surface area contributed by atoms with E-state index in [1.807, 2.05) is 26.1 Å². The Bertz CT molecular complexity index is 279. The van der Waals surface area contributed by atoms with Crippen LogP contribution in [0.5, 0.6) is 5.88 Å². The molecule has 0 spiro atoms. The smallest absolute Gasteiger partial charge is 0.218 e. The van der Waals surface area contributed by atoms with Crippen LogP contribution < -0.4 is 10.1 Å². The second-order valence-electron chi connectivity index (χ2n) is 2.98. The van der Waals surface area contributed by atoms with Crippen molar-refractivity contribution < 1.29 is 9.84 Å². The van der Waals surface area contributed by atoms with Crippen molar-refractivity contribution in [1.82, 2.24) is 10.3 Å². The van der Waals surface area contributed by atoms with Crippen LogP contribution >= 0.6 is 0 Å². The molecule has 0 saturated carbocycles. The van der Waals surface area contributed by atoms with E-state index in [0.29, 0.717) is 5.88 Å². The molecular weight excluding hydrogens is 180 g/mol.